The molecule has 0 heterocycles. The number of anilines is 1. The predicted molar refractivity (Wildman–Crippen MR) is 67.2 cm³/mol. The number of unbranched alkanes of at least 4 members (excludes halogenated alkanes) is 1. The van der Waals surface area contributed by atoms with Crippen LogP contribution in [0, 0.1) is 5.82 Å². The van der Waals surface area contributed by atoms with E-state index in [0.29, 0.717) is 5.56 Å². The number of nitrogens with two attached hydrogens (primary N) is 1. The van der Waals surface area contributed by atoms with Crippen molar-refractivity contribution in [3.8, 4) is 0 Å². The molecule has 0 fully saturated rings. The highest BCUT2D eigenvalue weighted by Crippen LogP contribution is 2.27. The highest BCUT2D eigenvalue weighted by atomic mass is 19.1. The highest BCUT2D eigenvalue weighted by molar-refractivity contribution is 5.54. The maximum Gasteiger partial charge on any atom is 0.130 e. The van der Waals surface area contributed by atoms with Gasteiger partial charge in [-0.15, -0.1) is 0 Å². The van der Waals surface area contributed by atoms with Crippen LogP contribution in [0.15, 0.2) is 18.2 Å². The lowest BCUT2D eigenvalue weighted by Crippen LogP contribution is -2.22. The lowest BCUT2D eigenvalue weighted by atomic mass is 10.0. The van der Waals surface area contributed by atoms with Gasteiger partial charge in [-0.1, -0.05) is 19.4 Å². The van der Waals surface area contributed by atoms with Crippen molar-refractivity contribution in [2.24, 2.45) is 5.73 Å². The quantitative estimate of drug-likeness (QED) is 0.832. The fraction of sp³-hybridized carbons (Fsp3) is 0.538. The molecule has 2 N–H and O–H groups in total. The molecule has 0 aliphatic heterocycles. The molecule has 0 spiro atoms. The minimum Gasteiger partial charge on any atom is -0.374 e. The molecule has 2 nitrogen and oxygen atoms in total. The van der Waals surface area contributed by atoms with Gasteiger partial charge in [-0.05, 0) is 25.5 Å². The van der Waals surface area contributed by atoms with Gasteiger partial charge in [0.1, 0.15) is 5.82 Å². The third-order valence-corrected chi connectivity index (χ3v) is 2.74. The Morgan fingerprint density at radius 1 is 1.44 bits per heavy atom. The number of nitrogens with zero attached hydrogens (tertiary/aromatic N) is 1. The summed E-state index contributed by atoms with van der Waals surface area (Å²) in [7, 11) is 1.98. The summed E-state index contributed by atoms with van der Waals surface area (Å²) >= 11 is 0. The van der Waals surface area contributed by atoms with Gasteiger partial charge in [-0.2, -0.15) is 0 Å². The first-order valence-electron chi connectivity index (χ1n) is 5.83. The van der Waals surface area contributed by atoms with Gasteiger partial charge < -0.3 is 10.6 Å². The highest BCUT2D eigenvalue weighted by Gasteiger charge is 2.14. The summed E-state index contributed by atoms with van der Waals surface area (Å²) in [4.78, 5) is 2.07. The van der Waals surface area contributed by atoms with Crippen LogP contribution in [-0.4, -0.2) is 13.6 Å². The van der Waals surface area contributed by atoms with Crippen LogP contribution in [0.4, 0.5) is 10.1 Å². The molecule has 1 aromatic carbocycles. The van der Waals surface area contributed by atoms with Crippen LogP contribution in [0.1, 0.15) is 38.3 Å². The Bertz CT molecular complexity index is 337. The smallest absolute Gasteiger partial charge is 0.130 e. The van der Waals surface area contributed by atoms with Crippen molar-refractivity contribution < 1.29 is 4.39 Å². The molecule has 0 saturated heterocycles. The molecule has 0 saturated carbocycles. The SMILES string of the molecule is CCCCN(C)c1cccc(F)c1[C@H](C)N. The average molecular weight is 224 g/mol. The van der Waals surface area contributed by atoms with E-state index in [2.05, 4.69) is 11.8 Å². The van der Waals surface area contributed by atoms with Gasteiger partial charge in [0.15, 0.2) is 0 Å². The predicted octanol–water partition coefficient (Wildman–Crippen LogP) is 3.08. The maximum absolute atomic E-state index is 13.7. The van der Waals surface area contributed by atoms with Crippen LogP contribution < -0.4 is 10.6 Å². The van der Waals surface area contributed by atoms with Crippen LogP contribution in [0.3, 0.4) is 0 Å². The zero-order valence-electron chi connectivity index (χ0n) is 10.3. The summed E-state index contributed by atoms with van der Waals surface area (Å²) in [5.74, 6) is -0.212. The molecule has 0 radical (unpaired) electrons. The van der Waals surface area contributed by atoms with Crippen LogP contribution in [0.25, 0.3) is 0 Å². The van der Waals surface area contributed by atoms with Crippen molar-refractivity contribution in [1.82, 2.24) is 0 Å². The molecule has 90 valence electrons. The molecule has 1 rings (SSSR count). The molecule has 16 heavy (non-hydrogen) atoms. The van der Waals surface area contributed by atoms with Crippen molar-refractivity contribution in [2.75, 3.05) is 18.5 Å². The fourth-order valence-electron chi connectivity index (χ4n) is 1.83. The molecule has 1 aromatic rings. The monoisotopic (exact) mass is 224 g/mol. The number of hydrogen-bond acceptors (Lipinski definition) is 2. The fourth-order valence-corrected chi connectivity index (χ4v) is 1.83. The summed E-state index contributed by atoms with van der Waals surface area (Å²) in [6, 6.07) is 4.85. The largest absolute Gasteiger partial charge is 0.374 e. The Morgan fingerprint density at radius 2 is 2.12 bits per heavy atom. The topological polar surface area (TPSA) is 29.3 Å². The van der Waals surface area contributed by atoms with Gasteiger partial charge in [0.2, 0.25) is 0 Å². The van der Waals surface area contributed by atoms with Crippen LogP contribution in [-0.2, 0) is 0 Å². The van der Waals surface area contributed by atoms with Gasteiger partial charge in [0, 0.05) is 30.9 Å². The minimum atomic E-state index is -0.278. The van der Waals surface area contributed by atoms with E-state index in [9.17, 15) is 4.39 Å². The first kappa shape index (κ1) is 13.0. The van der Waals surface area contributed by atoms with Gasteiger partial charge in [-0.25, -0.2) is 4.39 Å². The molecule has 1 atom stereocenters. The summed E-state index contributed by atoms with van der Waals surface area (Å²) in [5.41, 5.74) is 7.33. The average Bonchev–Trinajstić information content (AvgIpc) is 2.24. The molecule has 0 aliphatic carbocycles. The van der Waals surface area contributed by atoms with E-state index < -0.39 is 0 Å². The normalized spacial score (nSPS) is 12.6. The Balaban J connectivity index is 2.98. The van der Waals surface area contributed by atoms with Gasteiger partial charge in [-0.3, -0.25) is 0 Å². The minimum absolute atomic E-state index is 0.212. The van der Waals surface area contributed by atoms with Crippen molar-refractivity contribution in [1.29, 1.82) is 0 Å². The van der Waals surface area contributed by atoms with E-state index >= 15 is 0 Å². The Morgan fingerprint density at radius 3 is 2.69 bits per heavy atom. The second kappa shape index (κ2) is 5.85. The maximum atomic E-state index is 13.7. The molecule has 0 aliphatic rings. The van der Waals surface area contributed by atoms with Gasteiger partial charge >= 0.3 is 0 Å². The van der Waals surface area contributed by atoms with E-state index in [-0.39, 0.29) is 11.9 Å². The second-order valence-electron chi connectivity index (χ2n) is 4.24. The van der Waals surface area contributed by atoms with E-state index in [0.717, 1.165) is 25.1 Å². The lowest BCUT2D eigenvalue weighted by molar-refractivity contribution is 0.592. The van der Waals surface area contributed by atoms with Crippen molar-refractivity contribution >= 4 is 5.69 Å². The standard InChI is InChI=1S/C13H21FN2/c1-4-5-9-16(3)12-8-6-7-11(14)13(12)10(2)15/h6-8,10H,4-5,9,15H2,1-3H3/t10-/m0/s1. The third kappa shape index (κ3) is 2.95. The first-order chi connectivity index (χ1) is 7.57. The van der Waals surface area contributed by atoms with Gasteiger partial charge in [0.05, 0.1) is 0 Å². The van der Waals surface area contributed by atoms with E-state index in [1.165, 1.54) is 6.07 Å². The molecule has 3 heteroatoms. The van der Waals surface area contributed by atoms with Crippen molar-refractivity contribution in [2.45, 2.75) is 32.7 Å². The molecule has 0 amide bonds. The zero-order chi connectivity index (χ0) is 12.1. The second-order valence-corrected chi connectivity index (χ2v) is 4.24. The summed E-state index contributed by atoms with van der Waals surface area (Å²) in [5, 5.41) is 0. The van der Waals surface area contributed by atoms with Gasteiger partial charge in [0.25, 0.3) is 0 Å². The molecule has 0 bridgehead atoms. The summed E-state index contributed by atoms with van der Waals surface area (Å²) in [6.45, 7) is 4.89. The van der Waals surface area contributed by atoms with Crippen LogP contribution in [0.5, 0.6) is 0 Å². The Kier molecular flexibility index (Phi) is 4.74. The van der Waals surface area contributed by atoms with E-state index in [1.54, 1.807) is 6.07 Å². The van der Waals surface area contributed by atoms with Crippen LogP contribution >= 0.6 is 0 Å². The Labute approximate surface area is 97.3 Å². The number of halogens is 1. The van der Waals surface area contributed by atoms with Crippen LogP contribution in [0.2, 0.25) is 0 Å². The van der Waals surface area contributed by atoms with Crippen molar-refractivity contribution in [3.05, 3.63) is 29.6 Å². The number of rotatable bonds is 5. The molecular weight excluding hydrogens is 203 g/mol. The summed E-state index contributed by atoms with van der Waals surface area (Å²) < 4.78 is 13.7. The number of benzene rings is 1. The third-order valence-electron chi connectivity index (χ3n) is 2.74. The zero-order valence-corrected chi connectivity index (χ0v) is 10.3. The Hall–Kier alpha value is -1.09. The molecule has 0 aromatic heterocycles. The first-order valence-corrected chi connectivity index (χ1v) is 5.83. The summed E-state index contributed by atoms with van der Waals surface area (Å²) in [6.07, 6.45) is 2.23. The molecule has 0 unspecified atom stereocenters. The van der Waals surface area contributed by atoms with Crippen molar-refractivity contribution in [3.63, 3.8) is 0 Å². The number of hydrogen-bond donors (Lipinski definition) is 1. The molecular formula is C13H21FN2. The lowest BCUT2D eigenvalue weighted by Gasteiger charge is -2.24. The van der Waals surface area contributed by atoms with E-state index in [4.69, 9.17) is 5.73 Å². The van der Waals surface area contributed by atoms with E-state index in [1.807, 2.05) is 20.0 Å².